The number of rotatable bonds is 6. The fourth-order valence-electron chi connectivity index (χ4n) is 1.93. The predicted molar refractivity (Wildman–Crippen MR) is 71.0 cm³/mol. The molecule has 0 saturated heterocycles. The summed E-state index contributed by atoms with van der Waals surface area (Å²) in [5.74, 6) is 0. The van der Waals surface area contributed by atoms with Crippen molar-refractivity contribution in [2.75, 3.05) is 20.2 Å². The van der Waals surface area contributed by atoms with Crippen LogP contribution in [-0.4, -0.2) is 35.2 Å². The van der Waals surface area contributed by atoms with Gasteiger partial charge in [0.25, 0.3) is 0 Å². The minimum absolute atomic E-state index is 0.121. The fraction of sp³-hybridized carbons (Fsp3) is 0.583. The first kappa shape index (κ1) is 12.7. The number of nitrogens with one attached hydrogen (secondary N) is 1. The number of hydrogen-bond acceptors (Lipinski definition) is 4. The number of allylic oxidation sites excluding steroid dienone is 1. The third kappa shape index (κ3) is 3.12. The van der Waals surface area contributed by atoms with Gasteiger partial charge in [0, 0.05) is 25.0 Å². The summed E-state index contributed by atoms with van der Waals surface area (Å²) in [7, 11) is 3.91. The van der Waals surface area contributed by atoms with Crippen LogP contribution in [0.3, 0.4) is 0 Å². The molecule has 0 bridgehead atoms. The van der Waals surface area contributed by atoms with E-state index in [-0.39, 0.29) is 6.10 Å². The van der Waals surface area contributed by atoms with Gasteiger partial charge in [-0.3, -0.25) is 4.68 Å². The van der Waals surface area contributed by atoms with Gasteiger partial charge in [-0.15, -0.1) is 11.8 Å². The molecule has 5 heteroatoms. The van der Waals surface area contributed by atoms with Crippen molar-refractivity contribution in [2.45, 2.75) is 17.8 Å². The first-order valence-electron chi connectivity index (χ1n) is 5.87. The van der Waals surface area contributed by atoms with Crippen LogP contribution >= 0.6 is 11.8 Å². The Labute approximate surface area is 106 Å². The SMILES string of the molecule is CNCCOC(c1ccnn1C)[C@@H]1CC=CS1. The number of ether oxygens (including phenoxy) is 1. The lowest BCUT2D eigenvalue weighted by Crippen LogP contribution is -2.23. The molecule has 0 aliphatic carbocycles. The highest BCUT2D eigenvalue weighted by Gasteiger charge is 2.27. The third-order valence-corrected chi connectivity index (χ3v) is 3.99. The Bertz CT molecular complexity index is 370. The molecular weight excluding hydrogens is 234 g/mol. The van der Waals surface area contributed by atoms with Crippen LogP contribution in [0.5, 0.6) is 0 Å². The van der Waals surface area contributed by atoms with Gasteiger partial charge in [-0.05, 0) is 24.9 Å². The van der Waals surface area contributed by atoms with Crippen LogP contribution in [0.15, 0.2) is 23.7 Å². The molecule has 0 aromatic carbocycles. The lowest BCUT2D eigenvalue weighted by Gasteiger charge is -2.23. The molecular formula is C12H19N3OS. The molecule has 1 aromatic rings. The standard InChI is InChI=1S/C12H19N3OS/c1-13-7-8-16-12(11-4-3-9-17-11)10-5-6-14-15(10)2/h3,5-6,9,11-13H,4,7-8H2,1-2H3/t11-,12?/m0/s1. The van der Waals surface area contributed by atoms with E-state index < -0.39 is 0 Å². The van der Waals surface area contributed by atoms with Gasteiger partial charge in [0.1, 0.15) is 6.10 Å². The van der Waals surface area contributed by atoms with Gasteiger partial charge in [0.2, 0.25) is 0 Å². The molecule has 1 aromatic heterocycles. The predicted octanol–water partition coefficient (Wildman–Crippen LogP) is 1.72. The first-order valence-corrected chi connectivity index (χ1v) is 6.82. The van der Waals surface area contributed by atoms with Crippen molar-refractivity contribution in [2.24, 2.45) is 7.05 Å². The van der Waals surface area contributed by atoms with Gasteiger partial charge in [-0.1, -0.05) is 6.08 Å². The normalized spacial score (nSPS) is 20.9. The summed E-state index contributed by atoms with van der Waals surface area (Å²) in [6.45, 7) is 1.60. The molecule has 0 radical (unpaired) electrons. The van der Waals surface area contributed by atoms with Crippen LogP contribution in [0, 0.1) is 0 Å². The fourth-order valence-corrected chi connectivity index (χ4v) is 2.94. The Morgan fingerprint density at radius 1 is 1.71 bits per heavy atom. The van der Waals surface area contributed by atoms with Gasteiger partial charge < -0.3 is 10.1 Å². The Kier molecular flexibility index (Phi) is 4.65. The van der Waals surface area contributed by atoms with E-state index in [4.69, 9.17) is 4.74 Å². The summed E-state index contributed by atoms with van der Waals surface area (Å²) < 4.78 is 7.91. The number of thioether (sulfide) groups is 1. The molecule has 1 N–H and O–H groups in total. The highest BCUT2D eigenvalue weighted by atomic mass is 32.2. The van der Waals surface area contributed by atoms with E-state index in [1.54, 1.807) is 0 Å². The van der Waals surface area contributed by atoms with Crippen LogP contribution < -0.4 is 5.32 Å². The van der Waals surface area contributed by atoms with E-state index in [0.717, 1.165) is 25.3 Å². The van der Waals surface area contributed by atoms with Crippen molar-refractivity contribution in [3.05, 3.63) is 29.4 Å². The zero-order valence-electron chi connectivity index (χ0n) is 10.3. The van der Waals surface area contributed by atoms with Gasteiger partial charge in [0.05, 0.1) is 12.3 Å². The molecule has 1 unspecified atom stereocenters. The molecule has 4 nitrogen and oxygen atoms in total. The van der Waals surface area contributed by atoms with Crippen LogP contribution in [0.2, 0.25) is 0 Å². The lowest BCUT2D eigenvalue weighted by atomic mass is 10.1. The van der Waals surface area contributed by atoms with Crippen molar-refractivity contribution in [1.82, 2.24) is 15.1 Å². The maximum atomic E-state index is 6.01. The van der Waals surface area contributed by atoms with Crippen LogP contribution in [0.1, 0.15) is 18.2 Å². The zero-order chi connectivity index (χ0) is 12.1. The summed E-state index contributed by atoms with van der Waals surface area (Å²) in [6.07, 6.45) is 5.23. The van der Waals surface area contributed by atoms with Gasteiger partial charge >= 0.3 is 0 Å². The van der Waals surface area contributed by atoms with Crippen molar-refractivity contribution < 1.29 is 4.74 Å². The molecule has 94 valence electrons. The number of aromatic nitrogens is 2. The highest BCUT2D eigenvalue weighted by Crippen LogP contribution is 2.36. The average Bonchev–Trinajstić information content (AvgIpc) is 2.96. The van der Waals surface area contributed by atoms with E-state index in [0.29, 0.717) is 5.25 Å². The smallest absolute Gasteiger partial charge is 0.112 e. The Balaban J connectivity index is 2.04. The second-order valence-electron chi connectivity index (χ2n) is 4.06. The quantitative estimate of drug-likeness (QED) is 0.784. The lowest BCUT2D eigenvalue weighted by molar-refractivity contribution is 0.0491. The van der Waals surface area contributed by atoms with Gasteiger partial charge in [-0.25, -0.2) is 0 Å². The molecule has 17 heavy (non-hydrogen) atoms. The highest BCUT2D eigenvalue weighted by molar-refractivity contribution is 8.03. The molecule has 0 saturated carbocycles. The Morgan fingerprint density at radius 3 is 3.18 bits per heavy atom. The second-order valence-corrected chi connectivity index (χ2v) is 5.21. The summed E-state index contributed by atoms with van der Waals surface area (Å²) >= 11 is 1.85. The summed E-state index contributed by atoms with van der Waals surface area (Å²) in [5, 5.41) is 9.97. The number of aryl methyl sites for hydroxylation is 1. The minimum atomic E-state index is 0.121. The van der Waals surface area contributed by atoms with Crippen LogP contribution in [-0.2, 0) is 11.8 Å². The summed E-state index contributed by atoms with van der Waals surface area (Å²) in [6, 6.07) is 2.04. The first-order chi connectivity index (χ1) is 8.33. The van der Waals surface area contributed by atoms with E-state index in [2.05, 4.69) is 21.9 Å². The molecule has 2 heterocycles. The van der Waals surface area contributed by atoms with E-state index in [9.17, 15) is 0 Å². The van der Waals surface area contributed by atoms with E-state index in [1.165, 1.54) is 0 Å². The maximum absolute atomic E-state index is 6.01. The summed E-state index contributed by atoms with van der Waals surface area (Å²) in [4.78, 5) is 0. The third-order valence-electron chi connectivity index (χ3n) is 2.86. The molecule has 1 aliphatic rings. The van der Waals surface area contributed by atoms with Crippen LogP contribution in [0.4, 0.5) is 0 Å². The largest absolute Gasteiger partial charge is 0.369 e. The molecule has 0 amide bonds. The molecule has 0 spiro atoms. The molecule has 2 rings (SSSR count). The molecule has 1 aliphatic heterocycles. The average molecular weight is 253 g/mol. The van der Waals surface area contributed by atoms with E-state index >= 15 is 0 Å². The second kappa shape index (κ2) is 6.23. The molecule has 2 atom stereocenters. The van der Waals surface area contributed by atoms with Crippen molar-refractivity contribution >= 4 is 11.8 Å². The maximum Gasteiger partial charge on any atom is 0.112 e. The number of hydrogen-bond donors (Lipinski definition) is 1. The van der Waals surface area contributed by atoms with E-state index in [1.807, 2.05) is 42.8 Å². The van der Waals surface area contributed by atoms with Crippen molar-refractivity contribution in [1.29, 1.82) is 0 Å². The van der Waals surface area contributed by atoms with Gasteiger partial charge in [-0.2, -0.15) is 5.10 Å². The van der Waals surface area contributed by atoms with Gasteiger partial charge in [0.15, 0.2) is 0 Å². The number of likely N-dealkylation sites (N-methyl/N-ethyl adjacent to an activating group) is 1. The Hall–Kier alpha value is -0.780. The monoisotopic (exact) mass is 253 g/mol. The van der Waals surface area contributed by atoms with Crippen LogP contribution in [0.25, 0.3) is 0 Å². The topological polar surface area (TPSA) is 39.1 Å². The van der Waals surface area contributed by atoms with Crippen molar-refractivity contribution in [3.8, 4) is 0 Å². The molecule has 0 fully saturated rings. The number of nitrogens with zero attached hydrogens (tertiary/aromatic N) is 2. The summed E-state index contributed by atoms with van der Waals surface area (Å²) in [5.41, 5.74) is 1.15. The van der Waals surface area contributed by atoms with Crippen molar-refractivity contribution in [3.63, 3.8) is 0 Å². The minimum Gasteiger partial charge on any atom is -0.369 e. The Morgan fingerprint density at radius 2 is 2.59 bits per heavy atom. The zero-order valence-corrected chi connectivity index (χ0v) is 11.1.